The Morgan fingerprint density at radius 3 is 2.41 bits per heavy atom. The van der Waals surface area contributed by atoms with Crippen molar-refractivity contribution in [3.8, 4) is 0 Å². The third-order valence-corrected chi connectivity index (χ3v) is 8.71. The lowest BCUT2D eigenvalue weighted by Gasteiger charge is -2.21. The van der Waals surface area contributed by atoms with Crippen molar-refractivity contribution in [1.82, 2.24) is 4.31 Å². The first-order valence-corrected chi connectivity index (χ1v) is 13.5. The summed E-state index contributed by atoms with van der Waals surface area (Å²) in [5, 5.41) is 3.83. The maximum Gasteiger partial charge on any atom is 0.243 e. The zero-order valence-electron chi connectivity index (χ0n) is 20.5. The number of sulfonamides is 1. The Kier molecular flexibility index (Phi) is 7.14. The van der Waals surface area contributed by atoms with E-state index in [0.29, 0.717) is 30.3 Å². The number of fused-ring (bicyclic) bond motifs is 1. The molecular formula is C27H34N2O4S. The highest BCUT2D eigenvalue weighted by Gasteiger charge is 2.27. The van der Waals surface area contributed by atoms with E-state index in [4.69, 9.17) is 4.42 Å². The monoisotopic (exact) mass is 482 g/mol. The van der Waals surface area contributed by atoms with Crippen LogP contribution in [-0.4, -0.2) is 31.7 Å². The van der Waals surface area contributed by atoms with E-state index in [-0.39, 0.29) is 17.2 Å². The maximum atomic E-state index is 13.3. The molecule has 1 amide bonds. The lowest BCUT2D eigenvalue weighted by Crippen LogP contribution is -2.32. The van der Waals surface area contributed by atoms with Crippen LogP contribution in [0.25, 0.3) is 11.0 Å². The number of benzene rings is 2. The number of nitrogens with zero attached hydrogens (tertiary/aromatic N) is 1. The number of hydrogen-bond acceptors (Lipinski definition) is 4. The Morgan fingerprint density at radius 2 is 1.74 bits per heavy atom. The normalized spacial score (nSPS) is 15.6. The fourth-order valence-corrected chi connectivity index (χ4v) is 6.53. The van der Waals surface area contributed by atoms with Crippen molar-refractivity contribution in [3.05, 3.63) is 58.8 Å². The summed E-state index contributed by atoms with van der Waals surface area (Å²) in [5.41, 5.74) is 5.16. The van der Waals surface area contributed by atoms with Crippen molar-refractivity contribution < 1.29 is 17.6 Å². The topological polar surface area (TPSA) is 79.6 Å². The zero-order valence-corrected chi connectivity index (χ0v) is 21.3. The van der Waals surface area contributed by atoms with Crippen molar-refractivity contribution in [3.63, 3.8) is 0 Å². The maximum absolute atomic E-state index is 13.3. The molecule has 3 aromatic rings. The highest BCUT2D eigenvalue weighted by atomic mass is 32.2. The van der Waals surface area contributed by atoms with E-state index in [9.17, 15) is 13.2 Å². The summed E-state index contributed by atoms with van der Waals surface area (Å²) >= 11 is 0. The van der Waals surface area contributed by atoms with Gasteiger partial charge in [-0.25, -0.2) is 8.42 Å². The Bertz CT molecular complexity index is 1300. The number of carbonyl (C=O) groups excluding carboxylic acids is 1. The van der Waals surface area contributed by atoms with Gasteiger partial charge in [0.05, 0.1) is 17.6 Å². The number of rotatable bonds is 6. The molecule has 1 aromatic heterocycles. The smallest absolute Gasteiger partial charge is 0.243 e. The second-order valence-electron chi connectivity index (χ2n) is 9.64. The molecule has 7 heteroatoms. The average molecular weight is 483 g/mol. The minimum atomic E-state index is -3.60. The van der Waals surface area contributed by atoms with Gasteiger partial charge in [-0.1, -0.05) is 32.8 Å². The van der Waals surface area contributed by atoms with Crippen molar-refractivity contribution in [2.45, 2.75) is 70.6 Å². The molecule has 0 radical (unpaired) electrons. The van der Waals surface area contributed by atoms with Gasteiger partial charge in [0.1, 0.15) is 5.58 Å². The molecular weight excluding hydrogens is 448 g/mol. The summed E-state index contributed by atoms with van der Waals surface area (Å²) in [5.74, 6) is 0.162. The molecule has 1 aliphatic rings. The number of amides is 1. The van der Waals surface area contributed by atoms with Gasteiger partial charge in [-0.3, -0.25) is 4.79 Å². The Labute approximate surface area is 202 Å². The highest BCUT2D eigenvalue weighted by molar-refractivity contribution is 7.89. The minimum Gasteiger partial charge on any atom is -0.464 e. The summed E-state index contributed by atoms with van der Waals surface area (Å²) < 4.78 is 33.9. The van der Waals surface area contributed by atoms with Gasteiger partial charge >= 0.3 is 0 Å². The third-order valence-electron chi connectivity index (χ3n) is 6.67. The number of hydrogen-bond donors (Lipinski definition) is 1. The lowest BCUT2D eigenvalue weighted by molar-refractivity contribution is -0.115. The number of anilines is 1. The van der Waals surface area contributed by atoms with Crippen LogP contribution in [0.15, 0.2) is 45.9 Å². The van der Waals surface area contributed by atoms with Gasteiger partial charge in [0.2, 0.25) is 15.9 Å². The molecule has 0 aliphatic carbocycles. The Morgan fingerprint density at radius 1 is 1.03 bits per heavy atom. The Balaban J connectivity index is 1.55. The van der Waals surface area contributed by atoms with Gasteiger partial charge in [0.25, 0.3) is 0 Å². The van der Waals surface area contributed by atoms with Gasteiger partial charge in [-0.15, -0.1) is 0 Å². The molecule has 0 unspecified atom stereocenters. The summed E-state index contributed by atoms with van der Waals surface area (Å²) in [4.78, 5) is 13.2. The summed E-state index contributed by atoms with van der Waals surface area (Å²) in [6.45, 7) is 9.25. The van der Waals surface area contributed by atoms with Crippen molar-refractivity contribution in [2.24, 2.45) is 0 Å². The Hall–Kier alpha value is -2.64. The van der Waals surface area contributed by atoms with Crippen LogP contribution in [0.4, 0.5) is 5.69 Å². The number of carbonyl (C=O) groups is 1. The molecule has 1 fully saturated rings. The minimum absolute atomic E-state index is 0.148. The zero-order chi connectivity index (χ0) is 24.5. The van der Waals surface area contributed by atoms with Crippen molar-refractivity contribution in [2.75, 3.05) is 18.4 Å². The molecule has 2 aromatic carbocycles. The molecule has 2 heterocycles. The fourth-order valence-electron chi connectivity index (χ4n) is 4.76. The molecule has 6 nitrogen and oxygen atoms in total. The van der Waals surface area contributed by atoms with Crippen LogP contribution >= 0.6 is 0 Å². The molecule has 0 spiro atoms. The predicted octanol–water partition coefficient (Wildman–Crippen LogP) is 5.92. The molecule has 0 atom stereocenters. The first-order chi connectivity index (χ1) is 16.2. The molecule has 0 bridgehead atoms. The van der Waals surface area contributed by atoms with Gasteiger partial charge in [0, 0.05) is 29.7 Å². The summed E-state index contributed by atoms with van der Waals surface area (Å²) in [6.07, 6.45) is 5.66. The largest absolute Gasteiger partial charge is 0.464 e. The fraction of sp³-hybridized carbons (Fsp3) is 0.444. The second-order valence-corrected chi connectivity index (χ2v) is 11.6. The van der Waals surface area contributed by atoms with Crippen LogP contribution < -0.4 is 5.32 Å². The van der Waals surface area contributed by atoms with Gasteiger partial charge in [-0.05, 0) is 73.6 Å². The lowest BCUT2D eigenvalue weighted by atomic mass is 9.95. The van der Waals surface area contributed by atoms with Crippen LogP contribution in [0.2, 0.25) is 0 Å². The van der Waals surface area contributed by atoms with E-state index in [1.54, 1.807) is 35.7 Å². The van der Waals surface area contributed by atoms with Crippen LogP contribution in [0.3, 0.4) is 0 Å². The van der Waals surface area contributed by atoms with Gasteiger partial charge in [-0.2, -0.15) is 4.31 Å². The van der Waals surface area contributed by atoms with Crippen LogP contribution in [0.5, 0.6) is 0 Å². The SMILES string of the molecule is Cc1cc2occ(CC(=O)Nc3ccc(C)c(S(=O)(=O)N4CCCCCC4)c3)c2cc1C(C)C. The standard InChI is InChI=1S/C27H34N2O4S/c1-18(2)23-16-24-21(17-33-25(24)13-20(23)4)14-27(30)28-22-10-9-19(3)26(15-22)34(31,32)29-11-7-5-6-8-12-29/h9-10,13,15-18H,5-8,11-12,14H2,1-4H3,(H,28,30). The van der Waals surface area contributed by atoms with E-state index in [1.165, 1.54) is 11.1 Å². The highest BCUT2D eigenvalue weighted by Crippen LogP contribution is 2.30. The molecule has 182 valence electrons. The molecule has 1 saturated heterocycles. The molecule has 4 rings (SSSR count). The van der Waals surface area contributed by atoms with E-state index in [0.717, 1.165) is 42.2 Å². The van der Waals surface area contributed by atoms with E-state index in [2.05, 4.69) is 32.2 Å². The van der Waals surface area contributed by atoms with Crippen molar-refractivity contribution in [1.29, 1.82) is 0 Å². The third kappa shape index (κ3) is 5.05. The van der Waals surface area contributed by atoms with Crippen LogP contribution in [0.1, 0.15) is 67.7 Å². The van der Waals surface area contributed by atoms with E-state index >= 15 is 0 Å². The first kappa shape index (κ1) is 24.5. The second kappa shape index (κ2) is 9.92. The average Bonchev–Trinajstić information content (AvgIpc) is 2.98. The molecule has 1 aliphatic heterocycles. The van der Waals surface area contributed by atoms with Gasteiger partial charge < -0.3 is 9.73 Å². The summed E-state index contributed by atoms with van der Waals surface area (Å²) in [7, 11) is -3.60. The van der Waals surface area contributed by atoms with E-state index < -0.39 is 10.0 Å². The number of aryl methyl sites for hydroxylation is 2. The van der Waals surface area contributed by atoms with E-state index in [1.807, 2.05) is 6.07 Å². The molecule has 1 N–H and O–H groups in total. The van der Waals surface area contributed by atoms with Gasteiger partial charge in [0.15, 0.2) is 0 Å². The summed E-state index contributed by atoms with van der Waals surface area (Å²) in [6, 6.07) is 9.22. The number of furan rings is 1. The molecule has 0 saturated carbocycles. The first-order valence-electron chi connectivity index (χ1n) is 12.1. The molecule has 34 heavy (non-hydrogen) atoms. The van der Waals surface area contributed by atoms with Crippen LogP contribution in [-0.2, 0) is 21.2 Å². The van der Waals surface area contributed by atoms with Crippen molar-refractivity contribution >= 4 is 32.6 Å². The predicted molar refractivity (Wildman–Crippen MR) is 136 cm³/mol. The number of nitrogens with one attached hydrogen (secondary N) is 1. The quantitative estimate of drug-likeness (QED) is 0.473. The van der Waals surface area contributed by atoms with Crippen LogP contribution in [0, 0.1) is 13.8 Å².